The van der Waals surface area contributed by atoms with Crippen molar-refractivity contribution in [3.05, 3.63) is 65.2 Å². The quantitative estimate of drug-likeness (QED) is 0.502. The number of halogens is 1. The van der Waals surface area contributed by atoms with Gasteiger partial charge in [0.2, 0.25) is 0 Å². The molecular formula is C17H17ClN2OS. The normalized spacial score (nSPS) is 12.8. The highest BCUT2D eigenvalue weighted by Crippen LogP contribution is 2.22. The van der Waals surface area contributed by atoms with Crippen LogP contribution in [0.3, 0.4) is 0 Å². The average Bonchev–Trinajstić information content (AvgIpc) is 2.53. The molecule has 1 amide bonds. The number of rotatable bonds is 5. The second-order valence-electron chi connectivity index (χ2n) is 4.75. The number of hydrogen-bond acceptors (Lipinski definition) is 3. The van der Waals surface area contributed by atoms with Crippen LogP contribution in [0.2, 0.25) is 5.02 Å². The lowest BCUT2D eigenvalue weighted by atomic mass is 10.1. The molecular weight excluding hydrogens is 316 g/mol. The van der Waals surface area contributed by atoms with E-state index in [2.05, 4.69) is 10.5 Å². The Hall–Kier alpha value is -1.78. The van der Waals surface area contributed by atoms with Gasteiger partial charge in [0.25, 0.3) is 5.91 Å². The van der Waals surface area contributed by atoms with Crippen molar-refractivity contribution in [1.82, 2.24) is 5.43 Å². The molecule has 3 nitrogen and oxygen atoms in total. The number of carbonyl (C=O) groups excluding carboxylic acids is 1. The zero-order chi connectivity index (χ0) is 15.9. The molecule has 0 aliphatic heterocycles. The second kappa shape index (κ2) is 8.01. The molecule has 22 heavy (non-hydrogen) atoms. The molecule has 0 saturated carbocycles. The molecule has 1 N–H and O–H groups in total. The average molecular weight is 333 g/mol. The van der Waals surface area contributed by atoms with Gasteiger partial charge < -0.3 is 0 Å². The second-order valence-corrected chi connectivity index (χ2v) is 6.60. The molecule has 0 aliphatic rings. The first-order valence-corrected chi connectivity index (χ1v) is 8.14. The largest absolute Gasteiger partial charge is 0.272 e. The Labute approximate surface area is 139 Å². The summed E-state index contributed by atoms with van der Waals surface area (Å²) in [7, 11) is 0. The number of amides is 1. The molecule has 0 aliphatic carbocycles. The number of hydrogen-bond donors (Lipinski definition) is 1. The Morgan fingerprint density at radius 3 is 2.41 bits per heavy atom. The van der Waals surface area contributed by atoms with E-state index in [-0.39, 0.29) is 11.2 Å². The number of hydrazone groups is 1. The van der Waals surface area contributed by atoms with Crippen molar-refractivity contribution in [2.45, 2.75) is 24.0 Å². The maximum atomic E-state index is 12.1. The van der Waals surface area contributed by atoms with Crippen LogP contribution in [0.5, 0.6) is 0 Å². The predicted octanol–water partition coefficient (Wildman–Crippen LogP) is 4.36. The van der Waals surface area contributed by atoms with Crippen molar-refractivity contribution < 1.29 is 4.79 Å². The van der Waals surface area contributed by atoms with Crippen molar-refractivity contribution in [2.75, 3.05) is 0 Å². The molecule has 0 fully saturated rings. The minimum absolute atomic E-state index is 0.123. The van der Waals surface area contributed by atoms with Gasteiger partial charge in [-0.25, -0.2) is 5.43 Å². The van der Waals surface area contributed by atoms with E-state index < -0.39 is 0 Å². The molecule has 0 radical (unpaired) electrons. The summed E-state index contributed by atoms with van der Waals surface area (Å²) in [6, 6.07) is 17.2. The van der Waals surface area contributed by atoms with Gasteiger partial charge in [-0.05, 0) is 43.7 Å². The minimum Gasteiger partial charge on any atom is -0.272 e. The molecule has 0 aromatic heterocycles. The van der Waals surface area contributed by atoms with Crippen LogP contribution in [-0.2, 0) is 4.79 Å². The fourth-order valence-corrected chi connectivity index (χ4v) is 2.75. The standard InChI is InChI=1S/C17H17ClN2OS/c1-12(14-8-10-15(18)11-9-14)19-20-17(21)13(2)22-16-6-4-3-5-7-16/h3-11,13H,1-2H3,(H,20,21)/b19-12-/t13-/m1/s1. The molecule has 1 atom stereocenters. The summed E-state index contributed by atoms with van der Waals surface area (Å²) in [4.78, 5) is 13.1. The third kappa shape index (κ3) is 4.90. The van der Waals surface area contributed by atoms with Gasteiger partial charge in [0.1, 0.15) is 0 Å². The maximum absolute atomic E-state index is 12.1. The molecule has 2 aromatic carbocycles. The number of nitrogens with zero attached hydrogens (tertiary/aromatic N) is 1. The van der Waals surface area contributed by atoms with Gasteiger partial charge in [0.05, 0.1) is 11.0 Å². The predicted molar refractivity (Wildman–Crippen MR) is 93.6 cm³/mol. The summed E-state index contributed by atoms with van der Waals surface area (Å²) >= 11 is 7.35. The van der Waals surface area contributed by atoms with Crippen LogP contribution in [0.4, 0.5) is 0 Å². The third-order valence-electron chi connectivity index (χ3n) is 3.02. The van der Waals surface area contributed by atoms with Crippen molar-refractivity contribution >= 4 is 35.0 Å². The zero-order valence-corrected chi connectivity index (χ0v) is 14.0. The van der Waals surface area contributed by atoms with Crippen LogP contribution in [-0.4, -0.2) is 16.9 Å². The molecule has 0 spiro atoms. The van der Waals surface area contributed by atoms with Crippen LogP contribution in [0, 0.1) is 0 Å². The smallest absolute Gasteiger partial charge is 0.253 e. The Balaban J connectivity index is 1.93. The van der Waals surface area contributed by atoms with Gasteiger partial charge >= 0.3 is 0 Å². The maximum Gasteiger partial charge on any atom is 0.253 e. The lowest BCUT2D eigenvalue weighted by Gasteiger charge is -2.10. The molecule has 0 heterocycles. The van der Waals surface area contributed by atoms with E-state index >= 15 is 0 Å². The van der Waals surface area contributed by atoms with Crippen LogP contribution in [0.25, 0.3) is 0 Å². The highest BCUT2D eigenvalue weighted by atomic mass is 35.5. The van der Waals surface area contributed by atoms with Crippen molar-refractivity contribution in [1.29, 1.82) is 0 Å². The first kappa shape index (κ1) is 16.6. The van der Waals surface area contributed by atoms with Gasteiger partial charge in [-0.1, -0.05) is 41.9 Å². The number of benzene rings is 2. The number of nitrogens with one attached hydrogen (secondary N) is 1. The lowest BCUT2D eigenvalue weighted by molar-refractivity contribution is -0.120. The summed E-state index contributed by atoms with van der Waals surface area (Å²) < 4.78 is 0. The summed E-state index contributed by atoms with van der Waals surface area (Å²) in [6.45, 7) is 3.71. The Morgan fingerprint density at radius 2 is 1.77 bits per heavy atom. The summed E-state index contributed by atoms with van der Waals surface area (Å²) in [5, 5.41) is 4.60. The molecule has 5 heteroatoms. The number of carbonyl (C=O) groups is 1. The summed E-state index contributed by atoms with van der Waals surface area (Å²) in [5.41, 5.74) is 4.27. The van der Waals surface area contributed by atoms with E-state index in [4.69, 9.17) is 11.6 Å². The molecule has 0 unspecified atom stereocenters. The van der Waals surface area contributed by atoms with Gasteiger partial charge in [-0.3, -0.25) is 4.79 Å². The SMILES string of the molecule is C/C(=N/NC(=O)[C@@H](C)Sc1ccccc1)c1ccc(Cl)cc1. The first-order chi connectivity index (χ1) is 10.6. The van der Waals surface area contributed by atoms with E-state index in [1.54, 1.807) is 12.1 Å². The van der Waals surface area contributed by atoms with Crippen LogP contribution in [0.1, 0.15) is 19.4 Å². The Morgan fingerprint density at radius 1 is 1.14 bits per heavy atom. The van der Waals surface area contributed by atoms with E-state index in [9.17, 15) is 4.79 Å². The van der Waals surface area contributed by atoms with Crippen LogP contribution >= 0.6 is 23.4 Å². The first-order valence-electron chi connectivity index (χ1n) is 6.88. The molecule has 0 bridgehead atoms. The summed E-state index contributed by atoms with van der Waals surface area (Å²) in [6.07, 6.45) is 0. The van der Waals surface area contributed by atoms with Crippen LogP contribution < -0.4 is 5.43 Å². The number of thioether (sulfide) groups is 1. The highest BCUT2D eigenvalue weighted by Gasteiger charge is 2.13. The molecule has 0 saturated heterocycles. The van der Waals surface area contributed by atoms with Crippen LogP contribution in [0.15, 0.2) is 64.6 Å². The zero-order valence-electron chi connectivity index (χ0n) is 12.4. The van der Waals surface area contributed by atoms with Gasteiger partial charge in [0.15, 0.2) is 0 Å². The minimum atomic E-state index is -0.218. The van der Waals surface area contributed by atoms with Crippen molar-refractivity contribution in [3.8, 4) is 0 Å². The van der Waals surface area contributed by atoms with E-state index in [1.165, 1.54) is 11.8 Å². The molecule has 2 rings (SSSR count). The Kier molecular flexibility index (Phi) is 6.04. The van der Waals surface area contributed by atoms with Crippen molar-refractivity contribution in [2.24, 2.45) is 5.10 Å². The van der Waals surface area contributed by atoms with E-state index in [0.29, 0.717) is 5.02 Å². The van der Waals surface area contributed by atoms with Gasteiger partial charge in [-0.2, -0.15) is 5.10 Å². The van der Waals surface area contributed by atoms with Gasteiger partial charge in [-0.15, -0.1) is 11.8 Å². The fourth-order valence-electron chi connectivity index (χ4n) is 1.74. The highest BCUT2D eigenvalue weighted by molar-refractivity contribution is 8.00. The molecule has 2 aromatic rings. The third-order valence-corrected chi connectivity index (χ3v) is 4.39. The van der Waals surface area contributed by atoms with Gasteiger partial charge in [0, 0.05) is 9.92 Å². The summed E-state index contributed by atoms with van der Waals surface area (Å²) in [5.74, 6) is -0.123. The Bertz CT molecular complexity index is 656. The molecule has 114 valence electrons. The van der Waals surface area contributed by atoms with Crippen molar-refractivity contribution in [3.63, 3.8) is 0 Å². The van der Waals surface area contributed by atoms with E-state index in [1.807, 2.05) is 56.3 Å². The van der Waals surface area contributed by atoms with E-state index in [0.717, 1.165) is 16.2 Å². The fraction of sp³-hybridized carbons (Fsp3) is 0.176. The monoisotopic (exact) mass is 332 g/mol. The topological polar surface area (TPSA) is 41.5 Å². The lowest BCUT2D eigenvalue weighted by Crippen LogP contribution is -2.27.